The Hall–Kier alpha value is -2.68. The fourth-order valence-corrected chi connectivity index (χ4v) is 7.02. The summed E-state index contributed by atoms with van der Waals surface area (Å²) in [5.41, 5.74) is 11.5. The van der Waals surface area contributed by atoms with Gasteiger partial charge in [-0.3, -0.25) is 22.9 Å². The van der Waals surface area contributed by atoms with E-state index < -0.39 is 56.2 Å². The molecule has 0 unspecified atom stereocenters. The monoisotopic (exact) mass is 638 g/mol. The minimum atomic E-state index is -4.11. The van der Waals surface area contributed by atoms with Gasteiger partial charge in [0.2, 0.25) is 11.8 Å². The predicted molar refractivity (Wildman–Crippen MR) is 156 cm³/mol. The Labute approximate surface area is 253 Å². The van der Waals surface area contributed by atoms with Crippen LogP contribution in [-0.2, 0) is 27.7 Å². The molecule has 4 heterocycles. The van der Waals surface area contributed by atoms with E-state index in [1.807, 2.05) is 0 Å². The van der Waals surface area contributed by atoms with Crippen LogP contribution in [0.4, 0.5) is 5.95 Å². The van der Waals surface area contributed by atoms with Crippen molar-refractivity contribution in [2.24, 2.45) is 17.6 Å². The third kappa shape index (κ3) is 6.29. The maximum Gasteiger partial charge on any atom is 0.475 e. The average molecular weight is 639 g/mol. The van der Waals surface area contributed by atoms with Crippen molar-refractivity contribution in [3.8, 4) is 5.88 Å². The molecule has 0 bridgehead atoms. The van der Waals surface area contributed by atoms with Crippen LogP contribution >= 0.6 is 19.4 Å². The largest absolute Gasteiger partial charge is 0.476 e. The van der Waals surface area contributed by atoms with E-state index in [0.717, 1.165) is 5.56 Å². The molecule has 0 radical (unpaired) electrons. The lowest BCUT2D eigenvalue weighted by molar-refractivity contribution is -0.134. The highest BCUT2D eigenvalue weighted by Crippen LogP contribution is 2.58. The molecular weight excluding hydrogens is 603 g/mol. The zero-order chi connectivity index (χ0) is 31.1. The number of rotatable bonds is 10. The molecule has 2 saturated heterocycles. The average Bonchev–Trinajstić information content (AvgIpc) is 3.48. The van der Waals surface area contributed by atoms with Crippen LogP contribution in [0.15, 0.2) is 30.6 Å². The molecular formula is C27H36ClN6O8P. The number of benzene rings is 1. The van der Waals surface area contributed by atoms with Crippen LogP contribution in [0.5, 0.6) is 5.88 Å². The number of carbonyl (C=O) groups excluding carboxylic acids is 1. The van der Waals surface area contributed by atoms with Gasteiger partial charge in [-0.15, -0.1) is 0 Å². The van der Waals surface area contributed by atoms with E-state index in [1.165, 1.54) is 17.8 Å². The van der Waals surface area contributed by atoms with E-state index in [9.17, 15) is 14.5 Å². The number of halogens is 1. The summed E-state index contributed by atoms with van der Waals surface area (Å²) in [7, 11) is -4.11. The standard InChI is InChI=1S/C27H36ClN6O8P/c1-5-38-24-21-23(32-26(30)33-24)31-13-34(21)25-27(4,36)19(22(35)20(29)14(2)3)18(41-25)12-40-43(37)39-10-9-17(42-43)15-7-6-8-16(28)11-15/h6-8,11,13-14,17-20,25,36H,5,9-10,12,29H2,1-4H3,(H2,30,32,33)/t17-,18-,19-,20-,25+,27+,43+/m0/s1. The molecule has 43 heavy (non-hydrogen) atoms. The Morgan fingerprint density at radius 3 is 2.81 bits per heavy atom. The molecule has 5 rings (SSSR count). The second-order valence-electron chi connectivity index (χ2n) is 11.1. The first-order valence-corrected chi connectivity index (χ1v) is 15.8. The first kappa shape index (κ1) is 31.7. The number of phosphoric ester groups is 1. The number of nitrogens with two attached hydrogens (primary N) is 2. The van der Waals surface area contributed by atoms with Crippen molar-refractivity contribution >= 4 is 42.3 Å². The maximum atomic E-state index is 13.8. The second-order valence-corrected chi connectivity index (χ2v) is 13.1. The molecule has 1 aromatic carbocycles. The number of aliphatic hydroxyl groups is 1. The lowest BCUT2D eigenvalue weighted by Crippen LogP contribution is -2.51. The summed E-state index contributed by atoms with van der Waals surface area (Å²) in [4.78, 5) is 26.4. The van der Waals surface area contributed by atoms with Gasteiger partial charge in [-0.25, -0.2) is 9.55 Å². The fourth-order valence-electron chi connectivity index (χ4n) is 5.42. The van der Waals surface area contributed by atoms with Crippen molar-refractivity contribution < 1.29 is 37.5 Å². The summed E-state index contributed by atoms with van der Waals surface area (Å²) >= 11 is 6.13. The molecule has 3 aromatic rings. The van der Waals surface area contributed by atoms with Crippen molar-refractivity contribution in [1.82, 2.24) is 19.5 Å². The van der Waals surface area contributed by atoms with Crippen LogP contribution in [-0.4, -0.2) is 68.0 Å². The van der Waals surface area contributed by atoms with E-state index >= 15 is 0 Å². The molecule has 2 aliphatic heterocycles. The molecule has 14 nitrogen and oxygen atoms in total. The molecule has 0 amide bonds. The fraction of sp³-hybridized carbons (Fsp3) is 0.556. The molecule has 0 saturated carbocycles. The zero-order valence-corrected chi connectivity index (χ0v) is 25.9. The molecule has 2 aliphatic rings. The van der Waals surface area contributed by atoms with E-state index in [1.54, 1.807) is 45.0 Å². The van der Waals surface area contributed by atoms with Crippen molar-refractivity contribution in [2.45, 2.75) is 64.2 Å². The number of hydrogen-bond acceptors (Lipinski definition) is 13. The minimum absolute atomic E-state index is 0.0455. The van der Waals surface area contributed by atoms with Crippen molar-refractivity contribution in [2.75, 3.05) is 25.6 Å². The van der Waals surface area contributed by atoms with E-state index in [4.69, 9.17) is 46.1 Å². The van der Waals surface area contributed by atoms with Crippen LogP contribution in [0.2, 0.25) is 5.02 Å². The van der Waals surface area contributed by atoms with Gasteiger partial charge in [-0.05, 0) is 37.5 Å². The number of imidazole rings is 1. The molecule has 234 valence electrons. The van der Waals surface area contributed by atoms with Crippen LogP contribution in [0, 0.1) is 11.8 Å². The summed E-state index contributed by atoms with van der Waals surface area (Å²) in [6, 6.07) is 6.09. The van der Waals surface area contributed by atoms with E-state index in [2.05, 4.69) is 15.0 Å². The number of ketones is 1. The first-order valence-electron chi connectivity index (χ1n) is 14.0. The topological polar surface area (TPSA) is 196 Å². The van der Waals surface area contributed by atoms with Gasteiger partial charge in [0.05, 0.1) is 44.0 Å². The van der Waals surface area contributed by atoms with Gasteiger partial charge in [-0.1, -0.05) is 37.6 Å². The van der Waals surface area contributed by atoms with Crippen molar-refractivity contribution in [3.05, 3.63) is 41.2 Å². The van der Waals surface area contributed by atoms with Gasteiger partial charge in [0.1, 0.15) is 11.9 Å². The van der Waals surface area contributed by atoms with Gasteiger partial charge >= 0.3 is 7.82 Å². The second kappa shape index (κ2) is 12.4. The Morgan fingerprint density at radius 2 is 2.12 bits per heavy atom. The highest BCUT2D eigenvalue weighted by atomic mass is 35.5. The highest BCUT2D eigenvalue weighted by Gasteiger charge is 2.58. The quantitative estimate of drug-likeness (QED) is 0.273. The van der Waals surface area contributed by atoms with Gasteiger partial charge in [-0.2, -0.15) is 9.97 Å². The lowest BCUT2D eigenvalue weighted by Gasteiger charge is -2.32. The number of ether oxygens (including phenoxy) is 2. The van der Waals surface area contributed by atoms with Crippen LogP contribution in [0.1, 0.15) is 52.0 Å². The number of aromatic nitrogens is 4. The van der Waals surface area contributed by atoms with E-state index in [0.29, 0.717) is 17.0 Å². The summed E-state index contributed by atoms with van der Waals surface area (Å²) < 4.78 is 44.0. The van der Waals surface area contributed by atoms with Crippen LogP contribution < -0.4 is 16.2 Å². The van der Waals surface area contributed by atoms with Crippen molar-refractivity contribution in [3.63, 3.8) is 0 Å². The molecule has 16 heteroatoms. The molecule has 5 N–H and O–H groups in total. The Kier molecular flexibility index (Phi) is 9.13. The first-order chi connectivity index (χ1) is 20.3. The van der Waals surface area contributed by atoms with Gasteiger partial charge in [0.15, 0.2) is 23.2 Å². The molecule has 0 spiro atoms. The third-order valence-corrected chi connectivity index (χ3v) is 9.32. The third-order valence-electron chi connectivity index (χ3n) is 7.61. The minimum Gasteiger partial charge on any atom is -0.476 e. The van der Waals surface area contributed by atoms with E-state index in [-0.39, 0.29) is 36.6 Å². The van der Waals surface area contributed by atoms with Crippen molar-refractivity contribution in [1.29, 1.82) is 0 Å². The number of nitrogens with zero attached hydrogens (tertiary/aromatic N) is 4. The number of fused-ring (bicyclic) bond motifs is 1. The number of hydrogen-bond donors (Lipinski definition) is 3. The summed E-state index contributed by atoms with van der Waals surface area (Å²) in [5.74, 6) is -1.80. The molecule has 7 atom stereocenters. The number of anilines is 1. The number of nitrogen functional groups attached to an aromatic ring is 1. The number of phosphoric acid groups is 1. The zero-order valence-electron chi connectivity index (χ0n) is 24.3. The summed E-state index contributed by atoms with van der Waals surface area (Å²) in [6.07, 6.45) is -1.08. The smallest absolute Gasteiger partial charge is 0.475 e. The lowest BCUT2D eigenvalue weighted by atomic mass is 9.78. The molecule has 2 aromatic heterocycles. The molecule has 2 fully saturated rings. The Bertz CT molecular complexity index is 1540. The summed E-state index contributed by atoms with van der Waals surface area (Å²) in [6.45, 7) is 6.79. The van der Waals surface area contributed by atoms with Gasteiger partial charge in [0.25, 0.3) is 0 Å². The van der Waals surface area contributed by atoms with Crippen LogP contribution in [0.3, 0.4) is 0 Å². The summed E-state index contributed by atoms with van der Waals surface area (Å²) in [5, 5.41) is 12.5. The Balaban J connectivity index is 1.46. The van der Waals surface area contributed by atoms with Gasteiger partial charge in [0, 0.05) is 11.4 Å². The van der Waals surface area contributed by atoms with Gasteiger partial charge < -0.3 is 26.0 Å². The maximum absolute atomic E-state index is 13.8. The predicted octanol–water partition coefficient (Wildman–Crippen LogP) is 3.58. The number of carbonyl (C=O) groups is 1. The molecule has 0 aliphatic carbocycles. The Morgan fingerprint density at radius 1 is 1.35 bits per heavy atom. The van der Waals surface area contributed by atoms with Crippen LogP contribution in [0.25, 0.3) is 11.2 Å². The highest BCUT2D eigenvalue weighted by molar-refractivity contribution is 7.48. The normalized spacial score (nSPS) is 30.1. The number of Topliss-reactive ketones (excluding diaryl/α,β-unsaturated/α-hetero) is 1. The SMILES string of the molecule is CCOc1nc(N)nc2ncn([C@@H]3O[C@@H](CO[P@@]4(=O)OCC[C@@H](c5cccc(Cl)c5)O4)[C@@H](C(=O)[C@@H](N)C(C)C)[C@@]3(C)O)c12.